The SMILES string of the molecule is O=C(CCNC(=O)c1ccccc1)NCc1cn(-c2ccccc2)nc1-c1ccc(F)cc1. The summed E-state index contributed by atoms with van der Waals surface area (Å²) in [5.74, 6) is -0.736. The van der Waals surface area contributed by atoms with Crippen molar-refractivity contribution in [1.82, 2.24) is 20.4 Å². The smallest absolute Gasteiger partial charge is 0.251 e. The average Bonchev–Trinajstić information content (AvgIpc) is 3.28. The quantitative estimate of drug-likeness (QED) is 0.431. The van der Waals surface area contributed by atoms with Crippen LogP contribution in [0, 0.1) is 5.82 Å². The molecule has 6 nitrogen and oxygen atoms in total. The van der Waals surface area contributed by atoms with E-state index in [2.05, 4.69) is 15.7 Å². The van der Waals surface area contributed by atoms with Gasteiger partial charge in [-0.1, -0.05) is 36.4 Å². The topological polar surface area (TPSA) is 76.0 Å². The number of carbonyl (C=O) groups excluding carboxylic acids is 2. The lowest BCUT2D eigenvalue weighted by Gasteiger charge is -2.07. The molecule has 166 valence electrons. The molecule has 1 aromatic heterocycles. The number of carbonyl (C=O) groups is 2. The molecule has 1 heterocycles. The minimum absolute atomic E-state index is 0.150. The first-order valence-corrected chi connectivity index (χ1v) is 10.6. The Labute approximate surface area is 191 Å². The molecule has 0 atom stereocenters. The third kappa shape index (κ3) is 5.71. The number of para-hydroxylation sites is 1. The molecule has 2 amide bonds. The number of hydrogen-bond donors (Lipinski definition) is 2. The molecular weight excluding hydrogens is 419 g/mol. The fourth-order valence-corrected chi connectivity index (χ4v) is 3.37. The summed E-state index contributed by atoms with van der Waals surface area (Å²) in [5.41, 5.74) is 3.64. The number of aromatic nitrogens is 2. The predicted molar refractivity (Wildman–Crippen MR) is 124 cm³/mol. The van der Waals surface area contributed by atoms with E-state index in [9.17, 15) is 14.0 Å². The van der Waals surface area contributed by atoms with Gasteiger partial charge in [0.1, 0.15) is 5.82 Å². The van der Waals surface area contributed by atoms with Gasteiger partial charge in [-0.2, -0.15) is 5.10 Å². The third-order valence-corrected chi connectivity index (χ3v) is 5.08. The summed E-state index contributed by atoms with van der Waals surface area (Å²) >= 11 is 0. The summed E-state index contributed by atoms with van der Waals surface area (Å²) in [5, 5.41) is 10.3. The molecular formula is C26H23FN4O2. The zero-order valence-electron chi connectivity index (χ0n) is 17.9. The molecule has 0 aliphatic carbocycles. The van der Waals surface area contributed by atoms with Crippen LogP contribution in [0.5, 0.6) is 0 Å². The lowest BCUT2D eigenvalue weighted by atomic mass is 10.1. The highest BCUT2D eigenvalue weighted by atomic mass is 19.1. The van der Waals surface area contributed by atoms with Gasteiger partial charge in [0.2, 0.25) is 5.91 Å². The van der Waals surface area contributed by atoms with Gasteiger partial charge in [-0.25, -0.2) is 9.07 Å². The average molecular weight is 442 g/mol. The molecule has 4 rings (SSSR count). The number of amides is 2. The Morgan fingerprint density at radius 2 is 1.52 bits per heavy atom. The van der Waals surface area contributed by atoms with Crippen LogP contribution < -0.4 is 10.6 Å². The van der Waals surface area contributed by atoms with Gasteiger partial charge in [0.25, 0.3) is 5.91 Å². The van der Waals surface area contributed by atoms with Crippen molar-refractivity contribution in [3.63, 3.8) is 0 Å². The number of benzene rings is 3. The number of hydrogen-bond acceptors (Lipinski definition) is 3. The van der Waals surface area contributed by atoms with Crippen molar-refractivity contribution in [2.24, 2.45) is 0 Å². The third-order valence-electron chi connectivity index (χ3n) is 5.08. The Hall–Kier alpha value is -4.26. The van der Waals surface area contributed by atoms with Crippen LogP contribution in [0.4, 0.5) is 4.39 Å². The van der Waals surface area contributed by atoms with Crippen LogP contribution in [-0.2, 0) is 11.3 Å². The number of halogens is 1. The zero-order chi connectivity index (χ0) is 23.0. The largest absolute Gasteiger partial charge is 0.352 e. The summed E-state index contributed by atoms with van der Waals surface area (Å²) in [4.78, 5) is 24.5. The standard InChI is InChI=1S/C26H23FN4O2/c27-22-13-11-19(12-14-22)25-21(18-31(30-25)23-9-5-2-6-10-23)17-29-24(32)15-16-28-26(33)20-7-3-1-4-8-20/h1-14,18H,15-17H2,(H,28,33)(H,29,32). The van der Waals surface area contributed by atoms with Gasteiger partial charge in [0, 0.05) is 42.4 Å². The van der Waals surface area contributed by atoms with Crippen molar-refractivity contribution in [3.05, 3.63) is 108 Å². The fourth-order valence-electron chi connectivity index (χ4n) is 3.37. The van der Waals surface area contributed by atoms with Crippen LogP contribution >= 0.6 is 0 Å². The lowest BCUT2D eigenvalue weighted by molar-refractivity contribution is -0.121. The van der Waals surface area contributed by atoms with E-state index in [-0.39, 0.29) is 37.1 Å². The number of rotatable bonds is 8. The fraction of sp³-hybridized carbons (Fsp3) is 0.115. The van der Waals surface area contributed by atoms with Crippen LogP contribution in [0.3, 0.4) is 0 Å². The zero-order valence-corrected chi connectivity index (χ0v) is 17.9. The molecule has 0 spiro atoms. The second-order valence-electron chi connectivity index (χ2n) is 7.44. The summed E-state index contributed by atoms with van der Waals surface area (Å²) in [6, 6.07) is 24.6. The first-order chi connectivity index (χ1) is 16.1. The predicted octanol–water partition coefficient (Wildman–Crippen LogP) is 4.11. The Morgan fingerprint density at radius 3 is 2.21 bits per heavy atom. The van der Waals surface area contributed by atoms with Crippen LogP contribution in [0.1, 0.15) is 22.3 Å². The first-order valence-electron chi connectivity index (χ1n) is 10.6. The van der Waals surface area contributed by atoms with Gasteiger partial charge in [-0.15, -0.1) is 0 Å². The Bertz CT molecular complexity index is 1220. The monoisotopic (exact) mass is 442 g/mol. The van der Waals surface area contributed by atoms with Gasteiger partial charge in [0.05, 0.1) is 11.4 Å². The maximum Gasteiger partial charge on any atom is 0.251 e. The molecule has 0 aliphatic heterocycles. The van der Waals surface area contributed by atoms with E-state index >= 15 is 0 Å². The highest BCUT2D eigenvalue weighted by molar-refractivity contribution is 5.94. The summed E-state index contributed by atoms with van der Waals surface area (Å²) in [7, 11) is 0. The van der Waals surface area contributed by atoms with E-state index in [0.717, 1.165) is 16.8 Å². The van der Waals surface area contributed by atoms with Gasteiger partial charge in [-0.05, 0) is 48.5 Å². The number of nitrogens with one attached hydrogen (secondary N) is 2. The minimum Gasteiger partial charge on any atom is -0.352 e. The van der Waals surface area contributed by atoms with E-state index < -0.39 is 0 Å². The highest BCUT2D eigenvalue weighted by Gasteiger charge is 2.14. The van der Waals surface area contributed by atoms with Crippen LogP contribution in [0.25, 0.3) is 16.9 Å². The van der Waals surface area contributed by atoms with Crippen molar-refractivity contribution in [3.8, 4) is 16.9 Å². The summed E-state index contributed by atoms with van der Waals surface area (Å²) in [6.45, 7) is 0.485. The van der Waals surface area contributed by atoms with Crippen molar-refractivity contribution >= 4 is 11.8 Å². The van der Waals surface area contributed by atoms with Crippen LogP contribution in [-0.4, -0.2) is 28.1 Å². The molecule has 0 aliphatic rings. The molecule has 3 aromatic carbocycles. The summed E-state index contributed by atoms with van der Waals surface area (Å²) < 4.78 is 15.1. The van der Waals surface area contributed by atoms with Crippen molar-refractivity contribution in [2.45, 2.75) is 13.0 Å². The van der Waals surface area contributed by atoms with E-state index in [1.165, 1.54) is 12.1 Å². The molecule has 33 heavy (non-hydrogen) atoms. The Kier molecular flexibility index (Phi) is 6.90. The van der Waals surface area contributed by atoms with Crippen LogP contribution in [0.2, 0.25) is 0 Å². The molecule has 2 N–H and O–H groups in total. The van der Waals surface area contributed by atoms with Crippen LogP contribution in [0.15, 0.2) is 91.1 Å². The lowest BCUT2D eigenvalue weighted by Crippen LogP contribution is -2.30. The maximum atomic E-state index is 13.4. The molecule has 0 saturated heterocycles. The van der Waals surface area contributed by atoms with E-state index in [0.29, 0.717) is 11.3 Å². The van der Waals surface area contributed by atoms with Gasteiger partial charge < -0.3 is 10.6 Å². The second kappa shape index (κ2) is 10.4. The molecule has 0 radical (unpaired) electrons. The number of nitrogens with zero attached hydrogens (tertiary/aromatic N) is 2. The van der Waals surface area contributed by atoms with Crippen molar-refractivity contribution in [2.75, 3.05) is 6.54 Å². The molecule has 0 fully saturated rings. The maximum absolute atomic E-state index is 13.4. The van der Waals surface area contributed by atoms with E-state index in [4.69, 9.17) is 0 Å². The molecule has 4 aromatic rings. The molecule has 0 saturated carbocycles. The minimum atomic E-state index is -0.325. The van der Waals surface area contributed by atoms with Gasteiger partial charge in [0.15, 0.2) is 0 Å². The molecule has 7 heteroatoms. The van der Waals surface area contributed by atoms with Crippen molar-refractivity contribution in [1.29, 1.82) is 0 Å². The molecule has 0 bridgehead atoms. The first kappa shape index (κ1) is 22.0. The molecule has 0 unspecified atom stereocenters. The van der Waals surface area contributed by atoms with E-state index in [1.54, 1.807) is 41.1 Å². The summed E-state index contributed by atoms with van der Waals surface area (Å²) in [6.07, 6.45) is 2.00. The second-order valence-corrected chi connectivity index (χ2v) is 7.44. The van der Waals surface area contributed by atoms with Gasteiger partial charge >= 0.3 is 0 Å². The Balaban J connectivity index is 1.41. The van der Waals surface area contributed by atoms with Crippen molar-refractivity contribution < 1.29 is 14.0 Å². The van der Waals surface area contributed by atoms with Gasteiger partial charge in [-0.3, -0.25) is 9.59 Å². The normalized spacial score (nSPS) is 10.6. The van der Waals surface area contributed by atoms with E-state index in [1.807, 2.05) is 42.6 Å². The highest BCUT2D eigenvalue weighted by Crippen LogP contribution is 2.24. The Morgan fingerprint density at radius 1 is 0.848 bits per heavy atom.